The molecule has 0 bridgehead atoms. The van der Waals surface area contributed by atoms with Crippen LogP contribution in [0.25, 0.3) is 0 Å². The highest BCUT2D eigenvalue weighted by molar-refractivity contribution is 6.17. The second-order valence-electron chi connectivity index (χ2n) is 5.44. The summed E-state index contributed by atoms with van der Waals surface area (Å²) in [5, 5.41) is 18.2. The van der Waals surface area contributed by atoms with Gasteiger partial charge in [0.2, 0.25) is 0 Å². The molecule has 6 heteroatoms. The van der Waals surface area contributed by atoms with E-state index in [-0.39, 0.29) is 7.43 Å². The van der Waals surface area contributed by atoms with Crippen LogP contribution in [0.15, 0.2) is 28.8 Å². The highest BCUT2D eigenvalue weighted by atomic mass is 19.1. The van der Waals surface area contributed by atoms with Crippen molar-refractivity contribution in [2.24, 2.45) is 4.99 Å². The van der Waals surface area contributed by atoms with Crippen molar-refractivity contribution in [2.75, 3.05) is 13.6 Å². The van der Waals surface area contributed by atoms with Crippen molar-refractivity contribution < 1.29 is 14.6 Å². The Morgan fingerprint density at radius 2 is 1.75 bits per heavy atom. The van der Waals surface area contributed by atoms with E-state index in [0.29, 0.717) is 6.54 Å². The summed E-state index contributed by atoms with van der Waals surface area (Å²) in [5.74, 6) is 1.42. The first-order valence-electron chi connectivity index (χ1n) is 5.95. The molecule has 1 aliphatic heterocycles. The van der Waals surface area contributed by atoms with Crippen LogP contribution < -0.4 is 0 Å². The minimum absolute atomic E-state index is 0. The van der Waals surface area contributed by atoms with Crippen molar-refractivity contribution >= 4 is 13.9 Å². The van der Waals surface area contributed by atoms with Crippen LogP contribution in [0.5, 0.6) is 0 Å². The lowest BCUT2D eigenvalue weighted by molar-refractivity contribution is -0.107. The number of aliphatic hydroxyl groups is 2. The van der Waals surface area contributed by atoms with E-state index < -0.39 is 17.3 Å². The van der Waals surface area contributed by atoms with Gasteiger partial charge in [-0.3, -0.25) is 0 Å². The Kier molecular flexibility index (Phi) is 8.70. The van der Waals surface area contributed by atoms with Gasteiger partial charge in [0, 0.05) is 19.8 Å². The summed E-state index contributed by atoms with van der Waals surface area (Å²) in [5.41, 5.74) is -1.11. The van der Waals surface area contributed by atoms with E-state index in [2.05, 4.69) is 4.99 Å². The lowest BCUT2D eigenvalue weighted by atomic mass is 9.90. The molecular formula is C14H26BFN2O2. The Balaban J connectivity index is 0. The highest BCUT2D eigenvalue weighted by Gasteiger charge is 2.31. The summed E-state index contributed by atoms with van der Waals surface area (Å²) in [7, 11) is 6.79. The van der Waals surface area contributed by atoms with Gasteiger partial charge in [0.05, 0.1) is 11.2 Å². The minimum atomic E-state index is -1.01. The second kappa shape index (κ2) is 8.22. The molecule has 1 aliphatic rings. The Hall–Kier alpha value is -1.14. The van der Waals surface area contributed by atoms with Gasteiger partial charge in [0.15, 0.2) is 0 Å². The van der Waals surface area contributed by atoms with Gasteiger partial charge < -0.3 is 15.1 Å². The largest absolute Gasteiger partial charge is 0.387 e. The number of halogens is 1. The van der Waals surface area contributed by atoms with Crippen LogP contribution in [0.2, 0.25) is 0 Å². The SMILES string of the molecule is C.CC(C)(O)C(C)(C)O.[B]/C=C/C1=CN=C(F)N(C)C1. The second-order valence-corrected chi connectivity index (χ2v) is 5.44. The number of hydrogen-bond acceptors (Lipinski definition) is 4. The summed E-state index contributed by atoms with van der Waals surface area (Å²) in [6.07, 6.45) is 2.71. The van der Waals surface area contributed by atoms with Crippen LogP contribution in [0.3, 0.4) is 0 Å². The number of likely N-dealkylation sites (N-methyl/N-ethyl adjacent to an activating group) is 1. The molecule has 0 aliphatic carbocycles. The standard InChI is InChI=1S/C7H8BFN2.C6H14O2.CH4/c1-11-5-6(2-3-8)4-10-7(11)9;1-5(2,7)6(3,4)8;/h2-4H,5H2,1H3;7-8H,1-4H3;1H4/b3-2+;;. The molecule has 0 aromatic carbocycles. The van der Waals surface area contributed by atoms with E-state index in [4.69, 9.17) is 18.1 Å². The van der Waals surface area contributed by atoms with E-state index in [0.717, 1.165) is 5.57 Å². The predicted octanol–water partition coefficient (Wildman–Crippen LogP) is 1.99. The van der Waals surface area contributed by atoms with Gasteiger partial charge in [-0.25, -0.2) is 4.99 Å². The third-order valence-corrected chi connectivity index (χ3v) is 2.88. The Labute approximate surface area is 123 Å². The predicted molar refractivity (Wildman–Crippen MR) is 83.5 cm³/mol. The summed E-state index contributed by atoms with van der Waals surface area (Å²) in [6, 6.07) is 0. The lowest BCUT2D eigenvalue weighted by Gasteiger charge is -2.31. The summed E-state index contributed by atoms with van der Waals surface area (Å²) < 4.78 is 12.6. The number of amidine groups is 1. The molecule has 0 amide bonds. The fraction of sp³-hybridized carbons (Fsp3) is 0.643. The van der Waals surface area contributed by atoms with Crippen LogP contribution in [0.1, 0.15) is 35.1 Å². The van der Waals surface area contributed by atoms with Crippen LogP contribution >= 0.6 is 0 Å². The molecule has 0 atom stereocenters. The molecule has 4 nitrogen and oxygen atoms in total. The third kappa shape index (κ3) is 7.45. The maximum atomic E-state index is 12.6. The van der Waals surface area contributed by atoms with Crippen LogP contribution in [0, 0.1) is 0 Å². The fourth-order valence-electron chi connectivity index (χ4n) is 0.834. The van der Waals surface area contributed by atoms with Gasteiger partial charge in [-0.2, -0.15) is 4.39 Å². The molecule has 114 valence electrons. The molecule has 0 fully saturated rings. The van der Waals surface area contributed by atoms with Crippen molar-refractivity contribution in [3.05, 3.63) is 23.8 Å². The molecule has 0 spiro atoms. The van der Waals surface area contributed by atoms with Gasteiger partial charge in [0.1, 0.15) is 7.85 Å². The first kappa shape index (κ1) is 21.2. The zero-order valence-corrected chi connectivity index (χ0v) is 12.2. The first-order chi connectivity index (χ1) is 8.49. The molecule has 0 unspecified atom stereocenters. The zero-order valence-electron chi connectivity index (χ0n) is 12.2. The van der Waals surface area contributed by atoms with Gasteiger partial charge >= 0.3 is 0 Å². The normalized spacial score (nSPS) is 15.9. The average Bonchev–Trinajstić information content (AvgIpc) is 2.22. The number of rotatable bonds is 2. The molecule has 0 saturated heterocycles. The molecule has 0 aromatic heterocycles. The summed E-state index contributed by atoms with van der Waals surface area (Å²) in [6.45, 7) is 6.82. The molecule has 20 heavy (non-hydrogen) atoms. The van der Waals surface area contributed by atoms with Crippen molar-refractivity contribution in [3.63, 3.8) is 0 Å². The molecule has 0 aromatic rings. The van der Waals surface area contributed by atoms with Crippen LogP contribution in [-0.4, -0.2) is 53.8 Å². The smallest absolute Gasteiger partial charge is 0.285 e. The van der Waals surface area contributed by atoms with E-state index in [9.17, 15) is 4.39 Å². The van der Waals surface area contributed by atoms with Gasteiger partial charge in [-0.05, 0) is 33.3 Å². The third-order valence-electron chi connectivity index (χ3n) is 2.88. The number of nitrogens with zero attached hydrogens (tertiary/aromatic N) is 2. The molecule has 1 heterocycles. The average molecular weight is 284 g/mol. The van der Waals surface area contributed by atoms with E-state index in [1.807, 2.05) is 0 Å². The molecular weight excluding hydrogens is 258 g/mol. The van der Waals surface area contributed by atoms with Crippen molar-refractivity contribution in [1.82, 2.24) is 4.90 Å². The topological polar surface area (TPSA) is 56.1 Å². The van der Waals surface area contributed by atoms with Crippen molar-refractivity contribution in [2.45, 2.75) is 46.3 Å². The molecule has 1 rings (SSSR count). The Bertz CT molecular complexity index is 368. The quantitative estimate of drug-likeness (QED) is 0.602. The monoisotopic (exact) mass is 284 g/mol. The molecule has 2 N–H and O–H groups in total. The highest BCUT2D eigenvalue weighted by Crippen LogP contribution is 2.19. The molecule has 2 radical (unpaired) electrons. The number of hydrogen-bond donors (Lipinski definition) is 2. The molecule has 0 saturated carbocycles. The van der Waals surface area contributed by atoms with Crippen LogP contribution in [-0.2, 0) is 0 Å². The maximum Gasteiger partial charge on any atom is 0.285 e. The van der Waals surface area contributed by atoms with E-state index in [1.165, 1.54) is 17.1 Å². The fourth-order valence-corrected chi connectivity index (χ4v) is 0.834. The number of aliphatic imine (C=N–C) groups is 1. The van der Waals surface area contributed by atoms with E-state index in [1.54, 1.807) is 40.8 Å². The van der Waals surface area contributed by atoms with E-state index >= 15 is 0 Å². The van der Waals surface area contributed by atoms with Crippen LogP contribution in [0.4, 0.5) is 4.39 Å². The van der Waals surface area contributed by atoms with Gasteiger partial charge in [-0.15, -0.1) is 5.98 Å². The van der Waals surface area contributed by atoms with Gasteiger partial charge in [-0.1, -0.05) is 13.5 Å². The summed E-state index contributed by atoms with van der Waals surface area (Å²) >= 11 is 0. The maximum absolute atomic E-state index is 12.6. The summed E-state index contributed by atoms with van der Waals surface area (Å²) in [4.78, 5) is 4.93. The zero-order chi connectivity index (χ0) is 15.3. The Morgan fingerprint density at radius 1 is 1.30 bits per heavy atom. The van der Waals surface area contributed by atoms with Crippen molar-refractivity contribution in [3.8, 4) is 0 Å². The van der Waals surface area contributed by atoms with Gasteiger partial charge in [0.25, 0.3) is 6.09 Å². The Morgan fingerprint density at radius 3 is 2.05 bits per heavy atom. The van der Waals surface area contributed by atoms with Crippen molar-refractivity contribution in [1.29, 1.82) is 0 Å². The first-order valence-corrected chi connectivity index (χ1v) is 5.95. The minimum Gasteiger partial charge on any atom is -0.387 e. The lowest BCUT2D eigenvalue weighted by Crippen LogP contribution is -2.44.